The van der Waals surface area contributed by atoms with E-state index >= 15 is 0 Å². The topological polar surface area (TPSA) is 58.6 Å². The maximum atomic E-state index is 12.9. The van der Waals surface area contributed by atoms with Gasteiger partial charge in [-0.15, -0.1) is 0 Å². The molecule has 0 aromatic heterocycles. The number of ether oxygens (including phenoxy) is 1. The van der Waals surface area contributed by atoms with Gasteiger partial charge in [0.1, 0.15) is 5.75 Å². The van der Waals surface area contributed by atoms with Crippen molar-refractivity contribution >= 4 is 17.4 Å². The van der Waals surface area contributed by atoms with Gasteiger partial charge < -0.3 is 15.0 Å². The lowest BCUT2D eigenvalue weighted by Gasteiger charge is -2.43. The van der Waals surface area contributed by atoms with Gasteiger partial charge in [-0.2, -0.15) is 13.2 Å². The highest BCUT2D eigenvalue weighted by Gasteiger charge is 2.44. The predicted molar refractivity (Wildman–Crippen MR) is 100 cm³/mol. The Labute approximate surface area is 165 Å². The smallest absolute Gasteiger partial charge is 0.455 e. The zero-order valence-electron chi connectivity index (χ0n) is 15.6. The Morgan fingerprint density at radius 1 is 1.10 bits per heavy atom. The number of hydrogen-bond acceptors (Lipinski definition) is 4. The van der Waals surface area contributed by atoms with Crippen molar-refractivity contribution in [3.8, 4) is 11.5 Å². The minimum absolute atomic E-state index is 0.170. The van der Waals surface area contributed by atoms with Crippen LogP contribution in [0.25, 0.3) is 0 Å². The summed E-state index contributed by atoms with van der Waals surface area (Å²) in [6.07, 6.45) is -4.02. The molecule has 2 aromatic carbocycles. The summed E-state index contributed by atoms with van der Waals surface area (Å²) in [6, 6.07) is 10.8. The zero-order chi connectivity index (χ0) is 20.8. The van der Waals surface area contributed by atoms with Crippen LogP contribution in [0.1, 0.15) is 41.7 Å². The van der Waals surface area contributed by atoms with E-state index in [0.717, 1.165) is 0 Å². The van der Waals surface area contributed by atoms with E-state index in [1.54, 1.807) is 42.5 Å². The molecule has 1 amide bonds. The summed E-state index contributed by atoms with van der Waals surface area (Å²) in [5.74, 6) is -1.17. The number of piperidine rings is 1. The second-order valence-corrected chi connectivity index (χ2v) is 7.21. The molecule has 2 aliphatic heterocycles. The Balaban J connectivity index is 1.86. The first kappa shape index (κ1) is 19.3. The Bertz CT molecular complexity index is 974. The normalized spacial score (nSPS) is 20.5. The van der Waals surface area contributed by atoms with Crippen molar-refractivity contribution in [3.63, 3.8) is 0 Å². The van der Waals surface area contributed by atoms with Gasteiger partial charge in [-0.25, -0.2) is 0 Å². The van der Waals surface area contributed by atoms with E-state index in [4.69, 9.17) is 4.74 Å². The number of rotatable bonds is 2. The second-order valence-electron chi connectivity index (χ2n) is 7.21. The van der Waals surface area contributed by atoms with Crippen LogP contribution in [0, 0.1) is 0 Å². The van der Waals surface area contributed by atoms with Gasteiger partial charge in [0.2, 0.25) is 0 Å². The monoisotopic (exact) mass is 404 g/mol. The maximum Gasteiger partial charge on any atom is 0.471 e. The van der Waals surface area contributed by atoms with Gasteiger partial charge in [0, 0.05) is 17.7 Å². The summed E-state index contributed by atoms with van der Waals surface area (Å²) in [5, 5.41) is 2.16. The summed E-state index contributed by atoms with van der Waals surface area (Å²) < 4.78 is 44.8. The van der Waals surface area contributed by atoms with E-state index in [9.17, 15) is 22.8 Å². The average Bonchev–Trinajstić information content (AvgIpc) is 2.82. The molecule has 5 nitrogen and oxygen atoms in total. The number of nitrogens with one attached hydrogen (secondary N) is 1. The lowest BCUT2D eigenvalue weighted by molar-refractivity contribution is -0.174. The van der Waals surface area contributed by atoms with Crippen LogP contribution in [0.4, 0.5) is 18.9 Å². The quantitative estimate of drug-likeness (QED) is 0.755. The van der Waals surface area contributed by atoms with Crippen molar-refractivity contribution in [2.24, 2.45) is 0 Å². The van der Waals surface area contributed by atoms with Crippen molar-refractivity contribution in [1.29, 1.82) is 0 Å². The molecule has 152 valence electrons. The van der Waals surface area contributed by atoms with Crippen molar-refractivity contribution < 1.29 is 27.5 Å². The molecular weight excluding hydrogens is 385 g/mol. The Kier molecular flexibility index (Phi) is 4.72. The molecule has 2 atom stereocenters. The van der Waals surface area contributed by atoms with E-state index in [0.29, 0.717) is 47.7 Å². The number of halogens is 3. The van der Waals surface area contributed by atoms with E-state index in [1.165, 1.54) is 6.92 Å². The summed E-state index contributed by atoms with van der Waals surface area (Å²) in [5.41, 5.74) is 1.65. The van der Waals surface area contributed by atoms with Gasteiger partial charge in [-0.1, -0.05) is 24.3 Å². The van der Waals surface area contributed by atoms with Crippen LogP contribution < -0.4 is 15.0 Å². The number of benzene rings is 2. The molecule has 0 bridgehead atoms. The fourth-order valence-corrected chi connectivity index (χ4v) is 4.15. The van der Waals surface area contributed by atoms with E-state index in [1.807, 2.05) is 4.90 Å². The molecule has 1 fully saturated rings. The number of nitrogens with zero attached hydrogens (tertiary/aromatic N) is 1. The third-order valence-electron chi connectivity index (χ3n) is 5.33. The van der Waals surface area contributed by atoms with Crippen LogP contribution in [0.15, 0.2) is 42.5 Å². The van der Waals surface area contributed by atoms with Crippen LogP contribution in [-0.2, 0) is 4.79 Å². The first-order valence-electron chi connectivity index (χ1n) is 9.32. The van der Waals surface area contributed by atoms with Crippen LogP contribution in [0.5, 0.6) is 11.5 Å². The van der Waals surface area contributed by atoms with Crippen LogP contribution >= 0.6 is 0 Å². The molecule has 2 aliphatic rings. The molecule has 0 unspecified atom stereocenters. The third-order valence-corrected chi connectivity index (χ3v) is 5.33. The summed E-state index contributed by atoms with van der Waals surface area (Å²) in [7, 11) is 0. The SMILES string of the molecule is CC(=O)c1cccc2c1N1CCC[C@@H](NC(=O)C(F)(F)F)[C@H]1c1ccccc1O2. The minimum atomic E-state index is -4.97. The zero-order valence-corrected chi connectivity index (χ0v) is 15.6. The Hall–Kier alpha value is -3.03. The van der Waals surface area contributed by atoms with Gasteiger partial charge in [0.05, 0.1) is 17.8 Å². The number of hydrogen-bond donors (Lipinski definition) is 1. The number of fused-ring (bicyclic) bond motifs is 5. The Morgan fingerprint density at radius 2 is 1.83 bits per heavy atom. The third kappa shape index (κ3) is 3.43. The lowest BCUT2D eigenvalue weighted by Crippen LogP contribution is -2.53. The highest BCUT2D eigenvalue weighted by Crippen LogP contribution is 2.49. The Morgan fingerprint density at radius 3 is 2.55 bits per heavy atom. The molecule has 4 rings (SSSR count). The average molecular weight is 404 g/mol. The minimum Gasteiger partial charge on any atom is -0.455 e. The molecule has 0 radical (unpaired) electrons. The largest absolute Gasteiger partial charge is 0.471 e. The molecule has 1 saturated heterocycles. The number of anilines is 1. The van der Waals surface area contributed by atoms with Gasteiger partial charge in [-0.05, 0) is 38.0 Å². The number of amides is 1. The summed E-state index contributed by atoms with van der Waals surface area (Å²) in [4.78, 5) is 25.8. The van der Waals surface area contributed by atoms with Gasteiger partial charge in [-0.3, -0.25) is 9.59 Å². The first-order valence-corrected chi connectivity index (χ1v) is 9.32. The molecule has 8 heteroatoms. The van der Waals surface area contributed by atoms with Crippen molar-refractivity contribution in [2.75, 3.05) is 11.4 Å². The number of carbonyl (C=O) groups is 2. The maximum absolute atomic E-state index is 12.9. The van der Waals surface area contributed by atoms with Crippen molar-refractivity contribution in [2.45, 2.75) is 38.0 Å². The molecule has 0 saturated carbocycles. The summed E-state index contributed by atoms with van der Waals surface area (Å²) in [6.45, 7) is 1.97. The van der Waals surface area contributed by atoms with E-state index in [-0.39, 0.29) is 5.78 Å². The van der Waals surface area contributed by atoms with Gasteiger partial charge in [0.15, 0.2) is 11.5 Å². The van der Waals surface area contributed by atoms with E-state index < -0.39 is 24.2 Å². The number of carbonyl (C=O) groups excluding carboxylic acids is 2. The molecule has 2 aromatic rings. The molecule has 2 heterocycles. The van der Waals surface area contributed by atoms with Crippen molar-refractivity contribution in [1.82, 2.24) is 5.32 Å². The molecule has 1 N–H and O–H groups in total. The number of para-hydroxylation sites is 2. The number of Topliss-reactive ketones (excluding diaryl/α,β-unsaturated/α-hetero) is 1. The molecular formula is C21H19F3N2O3. The van der Waals surface area contributed by atoms with Crippen LogP contribution in [0.3, 0.4) is 0 Å². The molecule has 0 spiro atoms. The fourth-order valence-electron chi connectivity index (χ4n) is 4.15. The fraction of sp³-hybridized carbons (Fsp3) is 0.333. The lowest BCUT2D eigenvalue weighted by atomic mass is 9.88. The highest BCUT2D eigenvalue weighted by molar-refractivity contribution is 6.01. The standard InChI is InChI=1S/C21H19F3N2O3/c1-12(27)13-7-4-10-17-19(13)26-11-5-8-15(25-20(28)21(22,23)24)18(26)14-6-2-3-9-16(14)29-17/h2-4,6-7,9-10,15,18H,5,8,11H2,1H3,(H,25,28)/t15-,18-/m1/s1. The van der Waals surface area contributed by atoms with Gasteiger partial charge >= 0.3 is 12.1 Å². The molecule has 29 heavy (non-hydrogen) atoms. The highest BCUT2D eigenvalue weighted by atomic mass is 19.4. The predicted octanol–water partition coefficient (Wildman–Crippen LogP) is 4.38. The molecule has 0 aliphatic carbocycles. The van der Waals surface area contributed by atoms with E-state index in [2.05, 4.69) is 5.32 Å². The number of alkyl halides is 3. The van der Waals surface area contributed by atoms with Gasteiger partial charge in [0.25, 0.3) is 0 Å². The summed E-state index contributed by atoms with van der Waals surface area (Å²) >= 11 is 0. The van der Waals surface area contributed by atoms with Crippen LogP contribution in [-0.4, -0.2) is 30.5 Å². The van der Waals surface area contributed by atoms with Crippen molar-refractivity contribution in [3.05, 3.63) is 53.6 Å². The van der Waals surface area contributed by atoms with Crippen LogP contribution in [0.2, 0.25) is 0 Å². The second kappa shape index (κ2) is 7.09. The number of ketones is 1. The first-order chi connectivity index (χ1) is 13.8.